The predicted molar refractivity (Wildman–Crippen MR) is 76.8 cm³/mol. The Labute approximate surface area is 122 Å². The minimum Gasteiger partial charge on any atom is -0.306 e. The van der Waals surface area contributed by atoms with Gasteiger partial charge >= 0.3 is 0 Å². The van der Waals surface area contributed by atoms with Crippen LogP contribution in [0.25, 0.3) is 0 Å². The molecule has 1 saturated carbocycles. The predicted octanol–water partition coefficient (Wildman–Crippen LogP) is 3.02. The third-order valence-electron chi connectivity index (χ3n) is 4.81. The van der Waals surface area contributed by atoms with E-state index < -0.39 is 0 Å². The monoisotopic (exact) mass is 285 g/mol. The van der Waals surface area contributed by atoms with Crippen molar-refractivity contribution in [1.29, 1.82) is 0 Å². The summed E-state index contributed by atoms with van der Waals surface area (Å²) in [6.07, 6.45) is 5.65. The Hall–Kier alpha value is -2.17. The molecule has 4 rings (SSSR count). The number of halogens is 1. The van der Waals surface area contributed by atoms with Gasteiger partial charge in [-0.15, -0.1) is 0 Å². The van der Waals surface area contributed by atoms with Crippen LogP contribution in [0.4, 0.5) is 10.1 Å². The van der Waals surface area contributed by atoms with Gasteiger partial charge in [0.15, 0.2) is 0 Å². The van der Waals surface area contributed by atoms with E-state index in [1.807, 2.05) is 6.07 Å². The molecule has 2 aliphatic rings. The lowest BCUT2D eigenvalue weighted by atomic mass is 9.80. The molecule has 5 heteroatoms. The molecule has 1 aromatic carbocycles. The number of aromatic amines is 1. The molecule has 1 amide bonds. The van der Waals surface area contributed by atoms with Crippen molar-refractivity contribution in [3.63, 3.8) is 0 Å². The van der Waals surface area contributed by atoms with Crippen molar-refractivity contribution in [2.75, 3.05) is 11.4 Å². The van der Waals surface area contributed by atoms with Gasteiger partial charge in [-0.3, -0.25) is 9.89 Å². The van der Waals surface area contributed by atoms with Crippen LogP contribution in [0.2, 0.25) is 0 Å². The first kappa shape index (κ1) is 12.6. The number of fused-ring (bicyclic) bond motifs is 2. The quantitative estimate of drug-likeness (QED) is 0.875. The van der Waals surface area contributed by atoms with E-state index >= 15 is 0 Å². The molecule has 1 spiro atoms. The lowest BCUT2D eigenvalue weighted by Gasteiger charge is -2.24. The number of anilines is 1. The van der Waals surface area contributed by atoms with Crippen LogP contribution in [0.3, 0.4) is 0 Å². The largest absolute Gasteiger partial charge is 0.306 e. The number of hydrogen-bond donors (Lipinski definition) is 1. The smallest absolute Gasteiger partial charge is 0.276 e. The van der Waals surface area contributed by atoms with Gasteiger partial charge in [-0.1, -0.05) is 18.9 Å². The van der Waals surface area contributed by atoms with E-state index in [1.165, 1.54) is 6.07 Å². The summed E-state index contributed by atoms with van der Waals surface area (Å²) in [6, 6.07) is 6.68. The highest BCUT2D eigenvalue weighted by molar-refractivity contribution is 6.06. The van der Waals surface area contributed by atoms with Gasteiger partial charge in [-0.2, -0.15) is 5.10 Å². The van der Waals surface area contributed by atoms with E-state index in [9.17, 15) is 9.18 Å². The number of nitrogens with zero attached hydrogens (tertiary/aromatic N) is 2. The maximum absolute atomic E-state index is 14.4. The van der Waals surface area contributed by atoms with E-state index in [-0.39, 0.29) is 17.1 Å². The molecule has 21 heavy (non-hydrogen) atoms. The van der Waals surface area contributed by atoms with Gasteiger partial charge in [0.2, 0.25) is 0 Å². The highest BCUT2D eigenvalue weighted by Crippen LogP contribution is 2.51. The molecule has 1 fully saturated rings. The summed E-state index contributed by atoms with van der Waals surface area (Å²) < 4.78 is 14.4. The van der Waals surface area contributed by atoms with Crippen molar-refractivity contribution in [3.05, 3.63) is 47.5 Å². The molecule has 108 valence electrons. The SMILES string of the molecule is O=C(c1ccn[nH]1)N1CC2(CCCC2)c2c(F)cccc21. The van der Waals surface area contributed by atoms with Gasteiger partial charge in [-0.05, 0) is 31.0 Å². The number of carbonyl (C=O) groups excluding carboxylic acids is 1. The van der Waals surface area contributed by atoms with Crippen molar-refractivity contribution in [2.24, 2.45) is 0 Å². The van der Waals surface area contributed by atoms with Crippen LogP contribution in [0.1, 0.15) is 41.7 Å². The second-order valence-corrected chi connectivity index (χ2v) is 5.98. The Morgan fingerprint density at radius 3 is 2.81 bits per heavy atom. The molecule has 4 nitrogen and oxygen atoms in total. The van der Waals surface area contributed by atoms with Gasteiger partial charge in [0.1, 0.15) is 11.5 Å². The Morgan fingerprint density at radius 2 is 2.10 bits per heavy atom. The van der Waals surface area contributed by atoms with E-state index in [2.05, 4.69) is 10.2 Å². The highest BCUT2D eigenvalue weighted by Gasteiger charge is 2.48. The van der Waals surface area contributed by atoms with Crippen LogP contribution < -0.4 is 4.90 Å². The van der Waals surface area contributed by atoms with Crippen molar-refractivity contribution in [3.8, 4) is 0 Å². The molecule has 1 aliphatic carbocycles. The Kier molecular flexibility index (Phi) is 2.64. The van der Waals surface area contributed by atoms with E-state index in [0.717, 1.165) is 36.9 Å². The zero-order valence-electron chi connectivity index (χ0n) is 11.6. The fraction of sp³-hybridized carbons (Fsp3) is 0.375. The average molecular weight is 285 g/mol. The lowest BCUT2D eigenvalue weighted by Crippen LogP contribution is -2.35. The summed E-state index contributed by atoms with van der Waals surface area (Å²) in [4.78, 5) is 14.4. The number of hydrogen-bond acceptors (Lipinski definition) is 2. The molecular formula is C16H16FN3O. The van der Waals surface area contributed by atoms with E-state index in [4.69, 9.17) is 0 Å². The van der Waals surface area contributed by atoms with Crippen LogP contribution in [0.15, 0.2) is 30.5 Å². The molecule has 0 unspecified atom stereocenters. The first-order valence-electron chi connectivity index (χ1n) is 7.32. The average Bonchev–Trinajstić information content (AvgIpc) is 3.21. The van der Waals surface area contributed by atoms with Crippen LogP contribution in [-0.2, 0) is 5.41 Å². The summed E-state index contributed by atoms with van der Waals surface area (Å²) >= 11 is 0. The molecular weight excluding hydrogens is 269 g/mol. The Morgan fingerprint density at radius 1 is 1.29 bits per heavy atom. The minimum atomic E-state index is -0.198. The van der Waals surface area contributed by atoms with E-state index in [1.54, 1.807) is 23.2 Å². The number of H-pyrrole nitrogens is 1. The fourth-order valence-corrected chi connectivity index (χ4v) is 3.89. The van der Waals surface area contributed by atoms with Crippen LogP contribution in [-0.4, -0.2) is 22.6 Å². The second-order valence-electron chi connectivity index (χ2n) is 5.98. The van der Waals surface area contributed by atoms with Gasteiger partial charge < -0.3 is 4.90 Å². The van der Waals surface area contributed by atoms with Gasteiger partial charge in [-0.25, -0.2) is 4.39 Å². The molecule has 1 N–H and O–H groups in total. The molecule has 0 radical (unpaired) electrons. The van der Waals surface area contributed by atoms with Crippen molar-refractivity contribution < 1.29 is 9.18 Å². The maximum Gasteiger partial charge on any atom is 0.276 e. The number of nitrogens with one attached hydrogen (secondary N) is 1. The molecule has 0 saturated heterocycles. The third kappa shape index (κ3) is 1.73. The van der Waals surface area contributed by atoms with Gasteiger partial charge in [0.25, 0.3) is 5.91 Å². The van der Waals surface area contributed by atoms with Crippen molar-refractivity contribution >= 4 is 11.6 Å². The van der Waals surface area contributed by atoms with Crippen LogP contribution >= 0.6 is 0 Å². The summed E-state index contributed by atoms with van der Waals surface area (Å²) in [6.45, 7) is 0.571. The molecule has 2 heterocycles. The summed E-state index contributed by atoms with van der Waals surface area (Å²) in [5.41, 5.74) is 1.70. The number of carbonyl (C=O) groups is 1. The molecule has 0 atom stereocenters. The van der Waals surface area contributed by atoms with E-state index in [0.29, 0.717) is 12.2 Å². The number of aromatic nitrogens is 2. The standard InChI is InChI=1S/C16H16FN3O/c17-11-4-3-5-13-14(11)16(7-1-2-8-16)10-20(13)15(21)12-6-9-18-19-12/h3-6,9H,1-2,7-8,10H2,(H,18,19). The molecule has 2 aromatic rings. The van der Waals surface area contributed by atoms with Crippen molar-refractivity contribution in [2.45, 2.75) is 31.1 Å². The van der Waals surface area contributed by atoms with Crippen LogP contribution in [0.5, 0.6) is 0 Å². The van der Waals surface area contributed by atoms with Gasteiger partial charge in [0, 0.05) is 23.7 Å². The molecule has 1 aliphatic heterocycles. The topological polar surface area (TPSA) is 49.0 Å². The Balaban J connectivity index is 1.82. The zero-order valence-corrected chi connectivity index (χ0v) is 11.6. The number of benzene rings is 1. The first-order chi connectivity index (χ1) is 10.2. The lowest BCUT2D eigenvalue weighted by molar-refractivity contribution is 0.0980. The zero-order chi connectivity index (χ0) is 14.4. The Bertz CT molecular complexity index is 690. The third-order valence-corrected chi connectivity index (χ3v) is 4.81. The normalized spacial score (nSPS) is 19.2. The van der Waals surface area contributed by atoms with Crippen LogP contribution in [0, 0.1) is 5.82 Å². The van der Waals surface area contributed by atoms with Gasteiger partial charge in [0.05, 0.1) is 5.69 Å². The summed E-state index contributed by atoms with van der Waals surface area (Å²) in [5, 5.41) is 6.53. The number of amides is 1. The molecule has 1 aromatic heterocycles. The molecule has 0 bridgehead atoms. The maximum atomic E-state index is 14.4. The second kappa shape index (κ2) is 4.41. The first-order valence-corrected chi connectivity index (χ1v) is 7.32. The highest BCUT2D eigenvalue weighted by atomic mass is 19.1. The summed E-state index contributed by atoms with van der Waals surface area (Å²) in [5.74, 6) is -0.322. The number of rotatable bonds is 1. The fourth-order valence-electron chi connectivity index (χ4n) is 3.89. The summed E-state index contributed by atoms with van der Waals surface area (Å²) in [7, 11) is 0. The van der Waals surface area contributed by atoms with Crippen molar-refractivity contribution in [1.82, 2.24) is 10.2 Å². The minimum absolute atomic E-state index is 0.136.